The number of nitrogens with zero attached hydrogens (tertiary/aromatic N) is 4. The van der Waals surface area contributed by atoms with Crippen molar-refractivity contribution < 1.29 is 4.79 Å². The Labute approximate surface area is 134 Å². The Morgan fingerprint density at radius 2 is 1.91 bits per heavy atom. The van der Waals surface area contributed by atoms with Crippen LogP contribution in [0.1, 0.15) is 27.3 Å². The van der Waals surface area contributed by atoms with Crippen molar-refractivity contribution in [3.63, 3.8) is 0 Å². The lowest BCUT2D eigenvalue weighted by atomic mass is 10.1. The van der Waals surface area contributed by atoms with Crippen molar-refractivity contribution in [2.45, 2.75) is 13.0 Å². The molecule has 0 spiro atoms. The topological polar surface area (TPSA) is 51.0 Å². The summed E-state index contributed by atoms with van der Waals surface area (Å²) in [5.74, 6) is -0.0882. The summed E-state index contributed by atoms with van der Waals surface area (Å²) in [6.45, 7) is 0.510. The van der Waals surface area contributed by atoms with Crippen molar-refractivity contribution in [3.05, 3.63) is 77.4 Å². The fraction of sp³-hybridized carbons (Fsp3) is 0.167. The molecule has 1 aromatic carbocycles. The van der Waals surface area contributed by atoms with Gasteiger partial charge in [-0.25, -0.2) is 0 Å². The van der Waals surface area contributed by atoms with Crippen LogP contribution in [0, 0.1) is 0 Å². The minimum atomic E-state index is -0.0882. The number of carbonyl (C=O) groups excluding carboxylic acids is 1. The van der Waals surface area contributed by atoms with Gasteiger partial charge in [0.1, 0.15) is 5.69 Å². The van der Waals surface area contributed by atoms with Gasteiger partial charge in [-0.2, -0.15) is 5.10 Å². The molecular formula is C18H16N4O. The predicted octanol–water partition coefficient (Wildman–Crippen LogP) is 2.57. The third-order valence-electron chi connectivity index (χ3n) is 4.25. The van der Waals surface area contributed by atoms with E-state index >= 15 is 0 Å². The zero-order valence-corrected chi connectivity index (χ0v) is 12.8. The number of rotatable bonds is 1. The zero-order valence-electron chi connectivity index (χ0n) is 12.8. The van der Waals surface area contributed by atoms with Crippen LogP contribution >= 0.6 is 0 Å². The molecule has 0 aliphatic carbocycles. The maximum absolute atomic E-state index is 13.0. The average molecular weight is 304 g/mol. The fourth-order valence-electron chi connectivity index (χ4n) is 3.04. The number of aromatic nitrogens is 3. The third kappa shape index (κ3) is 2.30. The van der Waals surface area contributed by atoms with Crippen LogP contribution in [0.5, 0.6) is 0 Å². The molecule has 0 unspecified atom stereocenters. The predicted molar refractivity (Wildman–Crippen MR) is 87.2 cm³/mol. The van der Waals surface area contributed by atoms with E-state index in [1.165, 1.54) is 0 Å². The molecule has 0 radical (unpaired) electrons. The van der Waals surface area contributed by atoms with Crippen molar-refractivity contribution in [1.82, 2.24) is 14.8 Å². The SMILES string of the molecule is Cn1ncc2c1Cc1ccccc1N(C(=O)c1ccccn1)C2. The van der Waals surface area contributed by atoms with E-state index in [2.05, 4.69) is 16.1 Å². The van der Waals surface area contributed by atoms with E-state index in [9.17, 15) is 4.79 Å². The molecular weight excluding hydrogens is 288 g/mol. The highest BCUT2D eigenvalue weighted by Crippen LogP contribution is 2.31. The number of carbonyl (C=O) groups is 1. The van der Waals surface area contributed by atoms with Gasteiger partial charge in [-0.3, -0.25) is 14.5 Å². The molecule has 0 saturated carbocycles. The molecule has 5 heteroatoms. The molecule has 0 atom stereocenters. The molecule has 3 heterocycles. The van der Waals surface area contributed by atoms with Crippen LogP contribution < -0.4 is 4.90 Å². The van der Waals surface area contributed by atoms with E-state index in [1.807, 2.05) is 48.3 Å². The Morgan fingerprint density at radius 3 is 2.74 bits per heavy atom. The van der Waals surface area contributed by atoms with Crippen LogP contribution in [0.4, 0.5) is 5.69 Å². The van der Waals surface area contributed by atoms with E-state index in [0.717, 1.165) is 28.9 Å². The number of anilines is 1. The van der Waals surface area contributed by atoms with Gasteiger partial charge in [0.15, 0.2) is 0 Å². The standard InChI is InChI=1S/C18H16N4O/c1-21-17-10-13-6-2-3-8-16(13)22(12-14(17)11-20-21)18(23)15-7-4-5-9-19-15/h2-9,11H,10,12H2,1H3. The molecule has 114 valence electrons. The summed E-state index contributed by atoms with van der Waals surface area (Å²) < 4.78 is 1.89. The van der Waals surface area contributed by atoms with Crippen molar-refractivity contribution in [3.8, 4) is 0 Å². The van der Waals surface area contributed by atoms with Crippen LogP contribution in [0.2, 0.25) is 0 Å². The van der Waals surface area contributed by atoms with E-state index < -0.39 is 0 Å². The molecule has 0 fully saturated rings. The number of para-hydroxylation sites is 1. The lowest BCUT2D eigenvalue weighted by Gasteiger charge is -2.22. The Morgan fingerprint density at radius 1 is 1.09 bits per heavy atom. The van der Waals surface area contributed by atoms with Gasteiger partial charge in [0.05, 0.1) is 12.7 Å². The summed E-state index contributed by atoms with van der Waals surface area (Å²) in [7, 11) is 1.94. The van der Waals surface area contributed by atoms with Crippen molar-refractivity contribution in [2.75, 3.05) is 4.90 Å². The van der Waals surface area contributed by atoms with Gasteiger partial charge in [0, 0.05) is 36.6 Å². The number of hydrogen-bond acceptors (Lipinski definition) is 3. The molecule has 23 heavy (non-hydrogen) atoms. The summed E-state index contributed by atoms with van der Waals surface area (Å²) in [5, 5.41) is 4.34. The number of pyridine rings is 1. The minimum Gasteiger partial charge on any atom is -0.302 e. The highest BCUT2D eigenvalue weighted by molar-refractivity contribution is 6.05. The third-order valence-corrected chi connectivity index (χ3v) is 4.25. The largest absolute Gasteiger partial charge is 0.302 e. The molecule has 1 aliphatic rings. The van der Waals surface area contributed by atoms with Gasteiger partial charge >= 0.3 is 0 Å². The van der Waals surface area contributed by atoms with Gasteiger partial charge in [-0.05, 0) is 23.8 Å². The van der Waals surface area contributed by atoms with Crippen LogP contribution in [-0.2, 0) is 20.0 Å². The van der Waals surface area contributed by atoms with Gasteiger partial charge in [-0.15, -0.1) is 0 Å². The normalized spacial score (nSPS) is 13.2. The second-order valence-corrected chi connectivity index (χ2v) is 5.65. The first-order valence-corrected chi connectivity index (χ1v) is 7.54. The van der Waals surface area contributed by atoms with E-state index in [0.29, 0.717) is 12.2 Å². The number of fused-ring (bicyclic) bond motifs is 2. The van der Waals surface area contributed by atoms with E-state index in [4.69, 9.17) is 0 Å². The summed E-state index contributed by atoms with van der Waals surface area (Å²) in [6.07, 6.45) is 4.26. The van der Waals surface area contributed by atoms with Crippen molar-refractivity contribution >= 4 is 11.6 Å². The second kappa shape index (κ2) is 5.35. The molecule has 3 aromatic rings. The average Bonchev–Trinajstić information content (AvgIpc) is 2.84. The number of hydrogen-bond donors (Lipinski definition) is 0. The van der Waals surface area contributed by atoms with Gasteiger partial charge in [-0.1, -0.05) is 24.3 Å². The van der Waals surface area contributed by atoms with Gasteiger partial charge in [0.25, 0.3) is 5.91 Å². The number of amides is 1. The Hall–Kier alpha value is -2.95. The summed E-state index contributed by atoms with van der Waals surface area (Å²) >= 11 is 0. The first kappa shape index (κ1) is 13.7. The van der Waals surface area contributed by atoms with Crippen molar-refractivity contribution in [1.29, 1.82) is 0 Å². The van der Waals surface area contributed by atoms with Crippen LogP contribution in [0.3, 0.4) is 0 Å². The molecule has 4 rings (SSSR count). The summed E-state index contributed by atoms with van der Waals surface area (Å²) in [4.78, 5) is 19.0. The summed E-state index contributed by atoms with van der Waals surface area (Å²) in [5.41, 5.74) is 4.75. The lowest BCUT2D eigenvalue weighted by molar-refractivity contribution is 0.0980. The van der Waals surface area contributed by atoms with Crippen LogP contribution in [0.15, 0.2) is 54.9 Å². The molecule has 0 bridgehead atoms. The lowest BCUT2D eigenvalue weighted by Crippen LogP contribution is -2.31. The summed E-state index contributed by atoms with van der Waals surface area (Å²) in [6, 6.07) is 13.4. The second-order valence-electron chi connectivity index (χ2n) is 5.65. The maximum atomic E-state index is 13.0. The smallest absolute Gasteiger partial charge is 0.277 e. The Bertz CT molecular complexity index is 870. The van der Waals surface area contributed by atoms with Gasteiger partial charge in [0.2, 0.25) is 0 Å². The fourth-order valence-corrected chi connectivity index (χ4v) is 3.04. The maximum Gasteiger partial charge on any atom is 0.277 e. The van der Waals surface area contributed by atoms with Gasteiger partial charge < -0.3 is 4.90 Å². The molecule has 0 N–H and O–H groups in total. The zero-order chi connectivity index (χ0) is 15.8. The van der Waals surface area contributed by atoms with Crippen LogP contribution in [-0.4, -0.2) is 20.7 Å². The molecule has 1 amide bonds. The highest BCUT2D eigenvalue weighted by atomic mass is 16.2. The first-order valence-electron chi connectivity index (χ1n) is 7.54. The number of aryl methyl sites for hydroxylation is 1. The van der Waals surface area contributed by atoms with Crippen molar-refractivity contribution in [2.24, 2.45) is 7.05 Å². The van der Waals surface area contributed by atoms with E-state index in [-0.39, 0.29) is 5.91 Å². The molecule has 0 saturated heterocycles. The number of benzene rings is 1. The van der Waals surface area contributed by atoms with Crippen LogP contribution in [0.25, 0.3) is 0 Å². The molecule has 2 aromatic heterocycles. The molecule has 5 nitrogen and oxygen atoms in total. The monoisotopic (exact) mass is 304 g/mol. The van der Waals surface area contributed by atoms with E-state index in [1.54, 1.807) is 17.2 Å². The Balaban J connectivity index is 1.84. The highest BCUT2D eigenvalue weighted by Gasteiger charge is 2.26. The first-order chi connectivity index (χ1) is 11.2. The quantitative estimate of drug-likeness (QED) is 0.694. The Kier molecular flexibility index (Phi) is 3.19. The minimum absolute atomic E-state index is 0.0882. The molecule has 1 aliphatic heterocycles.